The predicted molar refractivity (Wildman–Crippen MR) is 82.5 cm³/mol. The van der Waals surface area contributed by atoms with Gasteiger partial charge >= 0.3 is 0 Å². The molecule has 0 saturated heterocycles. The highest BCUT2D eigenvalue weighted by Gasteiger charge is 2.48. The largest absolute Gasteiger partial charge is 0.508 e. The fourth-order valence-electron chi connectivity index (χ4n) is 3.74. The van der Waals surface area contributed by atoms with Crippen LogP contribution in [0.1, 0.15) is 36.8 Å². The van der Waals surface area contributed by atoms with Crippen molar-refractivity contribution in [3.63, 3.8) is 0 Å². The zero-order valence-electron chi connectivity index (χ0n) is 12.2. The van der Waals surface area contributed by atoms with Crippen molar-refractivity contribution in [1.82, 2.24) is 0 Å². The lowest BCUT2D eigenvalue weighted by atomic mass is 9.71. The Hall–Kier alpha value is -2.29. The van der Waals surface area contributed by atoms with Crippen LogP contribution in [0.15, 0.2) is 54.3 Å². The highest BCUT2D eigenvalue weighted by atomic mass is 19.1. The maximum absolute atomic E-state index is 14.6. The molecular formula is C19H17FO2. The van der Waals surface area contributed by atoms with E-state index in [1.165, 1.54) is 6.07 Å². The minimum atomic E-state index is -0.565. The van der Waals surface area contributed by atoms with E-state index in [1.807, 2.05) is 18.2 Å². The van der Waals surface area contributed by atoms with Gasteiger partial charge in [-0.2, -0.15) is 0 Å². The third kappa shape index (κ3) is 1.78. The number of phenols is 1. The number of hydrogen-bond donors (Lipinski definition) is 1. The number of aromatic hydroxyl groups is 1. The molecule has 1 aliphatic heterocycles. The van der Waals surface area contributed by atoms with E-state index in [0.29, 0.717) is 11.3 Å². The molecule has 1 N–H and O–H groups in total. The van der Waals surface area contributed by atoms with Crippen LogP contribution >= 0.6 is 0 Å². The fourth-order valence-corrected chi connectivity index (χ4v) is 3.74. The van der Waals surface area contributed by atoms with Crippen LogP contribution in [-0.4, -0.2) is 5.11 Å². The Morgan fingerprint density at radius 3 is 2.68 bits per heavy atom. The van der Waals surface area contributed by atoms with Crippen molar-refractivity contribution < 1.29 is 14.2 Å². The van der Waals surface area contributed by atoms with Crippen molar-refractivity contribution in [3.05, 3.63) is 71.2 Å². The molecule has 1 atom stereocenters. The molecule has 1 unspecified atom stereocenters. The summed E-state index contributed by atoms with van der Waals surface area (Å²) in [5, 5.41) is 9.58. The van der Waals surface area contributed by atoms with Crippen molar-refractivity contribution in [2.45, 2.75) is 31.1 Å². The molecule has 0 radical (unpaired) electrons. The van der Waals surface area contributed by atoms with Gasteiger partial charge in [0.25, 0.3) is 0 Å². The van der Waals surface area contributed by atoms with E-state index in [9.17, 15) is 9.50 Å². The molecule has 4 rings (SSSR count). The Kier molecular flexibility index (Phi) is 2.96. The van der Waals surface area contributed by atoms with Crippen molar-refractivity contribution in [2.24, 2.45) is 0 Å². The molecule has 2 aromatic carbocycles. The normalized spacial score (nSPS) is 23.0. The Balaban J connectivity index is 2.01. The summed E-state index contributed by atoms with van der Waals surface area (Å²) in [6.07, 6.45) is 5.95. The van der Waals surface area contributed by atoms with Crippen molar-refractivity contribution in [3.8, 4) is 11.5 Å². The van der Waals surface area contributed by atoms with Gasteiger partial charge < -0.3 is 9.84 Å². The van der Waals surface area contributed by atoms with Gasteiger partial charge in [0.05, 0.1) is 5.41 Å². The van der Waals surface area contributed by atoms with Gasteiger partial charge in [-0.25, -0.2) is 4.39 Å². The molecule has 2 nitrogen and oxygen atoms in total. The smallest absolute Gasteiger partial charge is 0.134 e. The SMILES string of the molecule is Oc1ccc(C23CCCCC=C2Oc2cccc(F)c23)cc1. The molecule has 0 fully saturated rings. The maximum atomic E-state index is 14.6. The van der Waals surface area contributed by atoms with Crippen LogP contribution in [0.5, 0.6) is 11.5 Å². The van der Waals surface area contributed by atoms with Crippen LogP contribution in [0.4, 0.5) is 4.39 Å². The zero-order valence-corrected chi connectivity index (χ0v) is 12.2. The minimum absolute atomic E-state index is 0.215. The first-order valence-electron chi connectivity index (χ1n) is 7.69. The van der Waals surface area contributed by atoms with Crippen LogP contribution in [0.3, 0.4) is 0 Å². The first-order valence-corrected chi connectivity index (χ1v) is 7.69. The van der Waals surface area contributed by atoms with Crippen molar-refractivity contribution in [2.75, 3.05) is 0 Å². The van der Waals surface area contributed by atoms with Crippen LogP contribution in [0.25, 0.3) is 0 Å². The van der Waals surface area contributed by atoms with Gasteiger partial charge in [0, 0.05) is 5.56 Å². The fraction of sp³-hybridized carbons (Fsp3) is 0.263. The van der Waals surface area contributed by atoms with Gasteiger partial charge in [-0.15, -0.1) is 0 Å². The Labute approximate surface area is 128 Å². The van der Waals surface area contributed by atoms with E-state index in [2.05, 4.69) is 6.08 Å². The summed E-state index contributed by atoms with van der Waals surface area (Å²) in [4.78, 5) is 0. The predicted octanol–water partition coefficient (Wildman–Crippen LogP) is 4.67. The number of halogens is 1. The summed E-state index contributed by atoms with van der Waals surface area (Å²) in [5.41, 5.74) is 1.04. The second-order valence-corrected chi connectivity index (χ2v) is 5.98. The van der Waals surface area contributed by atoms with Crippen molar-refractivity contribution >= 4 is 0 Å². The van der Waals surface area contributed by atoms with Gasteiger partial charge in [0.15, 0.2) is 0 Å². The highest BCUT2D eigenvalue weighted by Crippen LogP contribution is 2.54. The molecule has 0 bridgehead atoms. The van der Waals surface area contributed by atoms with E-state index in [0.717, 1.165) is 37.0 Å². The molecule has 3 heteroatoms. The Bertz CT molecular complexity index is 749. The van der Waals surface area contributed by atoms with Gasteiger partial charge in [0.2, 0.25) is 0 Å². The monoisotopic (exact) mass is 296 g/mol. The molecule has 0 aromatic heterocycles. The minimum Gasteiger partial charge on any atom is -0.508 e. The molecule has 112 valence electrons. The average Bonchev–Trinajstić information content (AvgIpc) is 2.70. The van der Waals surface area contributed by atoms with Crippen LogP contribution in [0, 0.1) is 5.82 Å². The van der Waals surface area contributed by atoms with E-state index >= 15 is 0 Å². The highest BCUT2D eigenvalue weighted by molar-refractivity contribution is 5.59. The molecule has 0 spiro atoms. The Morgan fingerprint density at radius 2 is 1.86 bits per heavy atom. The standard InChI is InChI=1S/C19H17FO2/c20-15-5-4-6-16-18(15)19(13-8-10-14(21)11-9-13)12-3-1-2-7-17(19)22-16/h4-11,21H,1-3,12H2. The number of ether oxygens (including phenoxy) is 1. The summed E-state index contributed by atoms with van der Waals surface area (Å²) in [7, 11) is 0. The number of allylic oxidation sites excluding steroid dienone is 2. The molecule has 1 heterocycles. The lowest BCUT2D eigenvalue weighted by Crippen LogP contribution is -2.28. The molecule has 0 amide bonds. The van der Waals surface area contributed by atoms with E-state index in [1.54, 1.807) is 18.2 Å². The second-order valence-electron chi connectivity index (χ2n) is 5.98. The third-order valence-electron chi connectivity index (χ3n) is 4.74. The summed E-state index contributed by atoms with van der Waals surface area (Å²) in [6.45, 7) is 0. The summed E-state index contributed by atoms with van der Waals surface area (Å²) >= 11 is 0. The molecule has 2 aromatic rings. The number of hydrogen-bond acceptors (Lipinski definition) is 2. The van der Waals surface area contributed by atoms with E-state index in [-0.39, 0.29) is 11.6 Å². The van der Waals surface area contributed by atoms with Gasteiger partial charge in [-0.1, -0.05) is 24.6 Å². The quantitative estimate of drug-likeness (QED) is 0.828. The zero-order chi connectivity index (χ0) is 15.2. The third-order valence-corrected chi connectivity index (χ3v) is 4.74. The maximum Gasteiger partial charge on any atom is 0.134 e. The second kappa shape index (κ2) is 4.87. The average molecular weight is 296 g/mol. The summed E-state index contributed by atoms with van der Waals surface area (Å²) < 4.78 is 20.7. The van der Waals surface area contributed by atoms with Crippen LogP contribution in [-0.2, 0) is 5.41 Å². The van der Waals surface area contributed by atoms with E-state index < -0.39 is 5.41 Å². The summed E-state index contributed by atoms with van der Waals surface area (Å²) in [5.74, 6) is 1.43. The van der Waals surface area contributed by atoms with Crippen LogP contribution < -0.4 is 4.74 Å². The number of benzene rings is 2. The molecule has 2 aliphatic rings. The van der Waals surface area contributed by atoms with Crippen molar-refractivity contribution in [1.29, 1.82) is 0 Å². The topological polar surface area (TPSA) is 29.5 Å². The lowest BCUT2D eigenvalue weighted by Gasteiger charge is -2.29. The molecular weight excluding hydrogens is 279 g/mol. The number of rotatable bonds is 1. The van der Waals surface area contributed by atoms with Crippen LogP contribution in [0.2, 0.25) is 0 Å². The molecule has 0 saturated carbocycles. The first-order chi connectivity index (χ1) is 10.7. The Morgan fingerprint density at radius 1 is 1.05 bits per heavy atom. The summed E-state index contributed by atoms with van der Waals surface area (Å²) in [6, 6.07) is 12.1. The van der Waals surface area contributed by atoms with Gasteiger partial charge in [0.1, 0.15) is 23.1 Å². The van der Waals surface area contributed by atoms with E-state index in [4.69, 9.17) is 4.74 Å². The lowest BCUT2D eigenvalue weighted by molar-refractivity contribution is 0.379. The van der Waals surface area contributed by atoms with Gasteiger partial charge in [-0.05, 0) is 55.2 Å². The number of fused-ring (bicyclic) bond motifs is 3. The van der Waals surface area contributed by atoms with Gasteiger partial charge in [-0.3, -0.25) is 0 Å². The molecule has 22 heavy (non-hydrogen) atoms. The number of phenolic OH excluding ortho intramolecular Hbond substituents is 1. The molecule has 1 aliphatic carbocycles. The first kappa shape index (κ1) is 13.4.